The molecule has 0 saturated heterocycles. The second-order valence-electron chi connectivity index (χ2n) is 5.71. The first-order valence-electron chi connectivity index (χ1n) is 8.12. The number of furan rings is 1. The number of hydrogen-bond acceptors (Lipinski definition) is 4. The van der Waals surface area contributed by atoms with Crippen LogP contribution in [0.5, 0.6) is 0 Å². The average Bonchev–Trinajstić information content (AvgIpc) is 3.23. The molecule has 0 spiro atoms. The predicted molar refractivity (Wildman–Crippen MR) is 95.4 cm³/mol. The van der Waals surface area contributed by atoms with Gasteiger partial charge in [0.15, 0.2) is 6.61 Å². The number of rotatable bonds is 6. The first-order valence-corrected chi connectivity index (χ1v) is 8.12. The van der Waals surface area contributed by atoms with Gasteiger partial charge in [0.05, 0.1) is 0 Å². The van der Waals surface area contributed by atoms with E-state index >= 15 is 0 Å². The molecule has 0 bridgehead atoms. The number of H-pyrrole nitrogens is 1. The molecule has 0 aliphatic carbocycles. The molecule has 5 heteroatoms. The number of aryl methyl sites for hydroxylation is 2. The predicted octanol–water partition coefficient (Wildman–Crippen LogP) is 4.07. The third kappa shape index (κ3) is 3.71. The maximum atomic E-state index is 12.4. The van der Waals surface area contributed by atoms with E-state index in [9.17, 15) is 9.59 Å². The summed E-state index contributed by atoms with van der Waals surface area (Å²) in [5.74, 6) is 0.491. The van der Waals surface area contributed by atoms with Gasteiger partial charge in [-0.3, -0.25) is 4.79 Å². The molecule has 0 amide bonds. The number of esters is 1. The third-order valence-electron chi connectivity index (χ3n) is 3.97. The zero-order valence-corrected chi connectivity index (χ0v) is 14.2. The minimum atomic E-state index is -0.587. The lowest BCUT2D eigenvalue weighted by Gasteiger charge is -2.02. The van der Waals surface area contributed by atoms with Crippen LogP contribution in [-0.2, 0) is 16.0 Å². The Morgan fingerprint density at radius 3 is 2.80 bits per heavy atom. The molecule has 1 aromatic carbocycles. The van der Waals surface area contributed by atoms with E-state index in [1.165, 1.54) is 12.2 Å². The zero-order valence-electron chi connectivity index (χ0n) is 14.2. The number of fused-ring (bicyclic) bond motifs is 1. The fraction of sp³-hybridized carbons (Fsp3) is 0.200. The summed E-state index contributed by atoms with van der Waals surface area (Å²) >= 11 is 0. The molecule has 3 rings (SSSR count). The van der Waals surface area contributed by atoms with Crippen LogP contribution in [0.25, 0.3) is 17.0 Å². The standard InChI is InChI=1S/C20H19NO4/c1-3-14-5-4-6-16-17(11-21-20(14)16)18(22)12-24-19(23)10-9-15-8-7-13(2)25-15/h4-11,21H,3,12H2,1-2H3. The Morgan fingerprint density at radius 1 is 1.24 bits per heavy atom. The molecule has 0 saturated carbocycles. The third-order valence-corrected chi connectivity index (χ3v) is 3.97. The molecule has 5 nitrogen and oxygen atoms in total. The minimum absolute atomic E-state index is 0.241. The first kappa shape index (κ1) is 16.8. The maximum absolute atomic E-state index is 12.4. The fourth-order valence-electron chi connectivity index (χ4n) is 2.70. The van der Waals surface area contributed by atoms with Gasteiger partial charge in [0, 0.05) is 28.7 Å². The molecule has 0 aliphatic heterocycles. The second-order valence-corrected chi connectivity index (χ2v) is 5.71. The smallest absolute Gasteiger partial charge is 0.331 e. The van der Waals surface area contributed by atoms with Crippen LogP contribution in [-0.4, -0.2) is 23.3 Å². The number of carbonyl (C=O) groups is 2. The highest BCUT2D eigenvalue weighted by Gasteiger charge is 2.14. The Hall–Kier alpha value is -3.08. The molecule has 128 valence electrons. The Balaban J connectivity index is 1.65. The van der Waals surface area contributed by atoms with Gasteiger partial charge in [-0.05, 0) is 37.1 Å². The maximum Gasteiger partial charge on any atom is 0.331 e. The summed E-state index contributed by atoms with van der Waals surface area (Å²) in [6.45, 7) is 3.58. The highest BCUT2D eigenvalue weighted by molar-refractivity contribution is 6.09. The molecule has 0 fully saturated rings. The topological polar surface area (TPSA) is 72.3 Å². The molecule has 0 unspecified atom stereocenters. The van der Waals surface area contributed by atoms with Crippen LogP contribution in [0.2, 0.25) is 0 Å². The van der Waals surface area contributed by atoms with E-state index in [1.807, 2.05) is 25.1 Å². The van der Waals surface area contributed by atoms with Crippen molar-refractivity contribution in [1.29, 1.82) is 0 Å². The molecule has 2 heterocycles. The lowest BCUT2D eigenvalue weighted by molar-refractivity contribution is -0.136. The minimum Gasteiger partial charge on any atom is -0.462 e. The molecule has 2 aromatic heterocycles. The lowest BCUT2D eigenvalue weighted by Crippen LogP contribution is -2.12. The number of benzene rings is 1. The van der Waals surface area contributed by atoms with Gasteiger partial charge in [-0.2, -0.15) is 0 Å². The summed E-state index contributed by atoms with van der Waals surface area (Å²) in [7, 11) is 0. The van der Waals surface area contributed by atoms with Gasteiger partial charge in [-0.1, -0.05) is 25.1 Å². The number of para-hydroxylation sites is 1. The zero-order chi connectivity index (χ0) is 17.8. The van der Waals surface area contributed by atoms with Crippen molar-refractivity contribution in [2.75, 3.05) is 6.61 Å². The van der Waals surface area contributed by atoms with E-state index in [-0.39, 0.29) is 12.4 Å². The van der Waals surface area contributed by atoms with E-state index in [0.717, 1.165) is 28.6 Å². The largest absolute Gasteiger partial charge is 0.462 e. The molecule has 0 radical (unpaired) electrons. The fourth-order valence-corrected chi connectivity index (χ4v) is 2.70. The molecule has 0 atom stereocenters. The van der Waals surface area contributed by atoms with Crippen LogP contribution in [0.3, 0.4) is 0 Å². The average molecular weight is 337 g/mol. The van der Waals surface area contributed by atoms with Gasteiger partial charge in [-0.15, -0.1) is 0 Å². The van der Waals surface area contributed by atoms with Gasteiger partial charge < -0.3 is 14.1 Å². The van der Waals surface area contributed by atoms with Crippen molar-refractivity contribution in [3.63, 3.8) is 0 Å². The summed E-state index contributed by atoms with van der Waals surface area (Å²) in [4.78, 5) is 27.2. The van der Waals surface area contributed by atoms with Crippen LogP contribution < -0.4 is 0 Å². The van der Waals surface area contributed by atoms with Crippen molar-refractivity contribution in [3.8, 4) is 0 Å². The summed E-state index contributed by atoms with van der Waals surface area (Å²) in [6, 6.07) is 9.39. The van der Waals surface area contributed by atoms with Crippen LogP contribution >= 0.6 is 0 Å². The van der Waals surface area contributed by atoms with Crippen molar-refractivity contribution < 1.29 is 18.7 Å². The second kappa shape index (κ2) is 7.21. The lowest BCUT2D eigenvalue weighted by atomic mass is 10.1. The normalized spacial score (nSPS) is 11.3. The molecule has 3 aromatic rings. The van der Waals surface area contributed by atoms with Crippen LogP contribution in [0.1, 0.15) is 34.4 Å². The molecule has 25 heavy (non-hydrogen) atoms. The number of hydrogen-bond donors (Lipinski definition) is 1. The van der Waals surface area contributed by atoms with Gasteiger partial charge in [-0.25, -0.2) is 4.79 Å². The van der Waals surface area contributed by atoms with E-state index in [4.69, 9.17) is 9.15 Å². The number of ketones is 1. The van der Waals surface area contributed by atoms with Gasteiger partial charge >= 0.3 is 5.97 Å². The number of aromatic amines is 1. The first-order chi connectivity index (χ1) is 12.1. The molecule has 0 aliphatic rings. The molecular weight excluding hydrogens is 318 g/mol. The summed E-state index contributed by atoms with van der Waals surface area (Å²) in [6.07, 6.45) is 5.30. The Labute approximate surface area is 145 Å². The quantitative estimate of drug-likeness (QED) is 0.418. The summed E-state index contributed by atoms with van der Waals surface area (Å²) in [5.41, 5.74) is 2.63. The Kier molecular flexibility index (Phi) is 4.84. The SMILES string of the molecule is CCc1cccc2c(C(=O)COC(=O)C=Cc3ccc(C)o3)c[nH]c12. The summed E-state index contributed by atoms with van der Waals surface area (Å²) in [5, 5.41) is 0.849. The van der Waals surface area contributed by atoms with Crippen LogP contribution in [0.15, 0.2) is 47.0 Å². The number of ether oxygens (including phenoxy) is 1. The van der Waals surface area contributed by atoms with Crippen molar-refractivity contribution in [3.05, 3.63) is 65.3 Å². The van der Waals surface area contributed by atoms with Crippen LogP contribution in [0.4, 0.5) is 0 Å². The van der Waals surface area contributed by atoms with E-state index < -0.39 is 5.97 Å². The van der Waals surface area contributed by atoms with Crippen molar-refractivity contribution >= 4 is 28.7 Å². The van der Waals surface area contributed by atoms with Crippen LogP contribution in [0, 0.1) is 6.92 Å². The van der Waals surface area contributed by atoms with E-state index in [0.29, 0.717) is 11.3 Å². The van der Waals surface area contributed by atoms with Crippen molar-refractivity contribution in [2.24, 2.45) is 0 Å². The van der Waals surface area contributed by atoms with Gasteiger partial charge in [0.25, 0.3) is 0 Å². The van der Waals surface area contributed by atoms with Gasteiger partial charge in [0.1, 0.15) is 11.5 Å². The monoisotopic (exact) mass is 337 g/mol. The van der Waals surface area contributed by atoms with E-state index in [2.05, 4.69) is 11.9 Å². The highest BCUT2D eigenvalue weighted by atomic mass is 16.5. The molecular formula is C20H19NO4. The Bertz CT molecular complexity index is 946. The Morgan fingerprint density at radius 2 is 2.08 bits per heavy atom. The van der Waals surface area contributed by atoms with Crippen molar-refractivity contribution in [2.45, 2.75) is 20.3 Å². The van der Waals surface area contributed by atoms with E-state index in [1.54, 1.807) is 18.3 Å². The molecule has 1 N–H and O–H groups in total. The van der Waals surface area contributed by atoms with Gasteiger partial charge in [0.2, 0.25) is 5.78 Å². The number of nitrogens with one attached hydrogen (secondary N) is 1. The number of Topliss-reactive ketones (excluding diaryl/α,β-unsaturated/α-hetero) is 1. The number of carbonyl (C=O) groups excluding carboxylic acids is 2. The number of aromatic nitrogens is 1. The highest BCUT2D eigenvalue weighted by Crippen LogP contribution is 2.22. The van der Waals surface area contributed by atoms with Crippen molar-refractivity contribution in [1.82, 2.24) is 4.98 Å². The summed E-state index contributed by atoms with van der Waals surface area (Å²) < 4.78 is 10.4.